The molecule has 4 nitrogen and oxygen atoms in total. The molecule has 0 aromatic heterocycles. The molecule has 1 spiro atoms. The standard InChI is InChI=1S/C19H24O4/c20-17(8-4-7-13-5-2-1-3-6-13)14-11-16-15(18(14)21)12-19(16)22-9-10-23-19/h1-3,5-6,8,14-16,18,20-21H,4,7,9-12H2/t14-,15-,16+,18?/m1/s1. The van der Waals surface area contributed by atoms with E-state index < -0.39 is 11.9 Å². The number of fused-ring (bicyclic) bond motifs is 2. The predicted molar refractivity (Wildman–Crippen MR) is 85.8 cm³/mol. The summed E-state index contributed by atoms with van der Waals surface area (Å²) in [5.41, 5.74) is 1.26. The Bertz CT molecular complexity index is 576. The second-order valence-electron chi connectivity index (χ2n) is 6.97. The summed E-state index contributed by atoms with van der Waals surface area (Å²) in [6, 6.07) is 10.2. The molecule has 2 saturated carbocycles. The van der Waals surface area contributed by atoms with Crippen LogP contribution in [0.4, 0.5) is 0 Å². The maximum absolute atomic E-state index is 10.5. The van der Waals surface area contributed by atoms with Crippen molar-refractivity contribution in [2.75, 3.05) is 13.2 Å². The van der Waals surface area contributed by atoms with Crippen molar-refractivity contribution in [3.63, 3.8) is 0 Å². The van der Waals surface area contributed by atoms with Crippen LogP contribution in [0.15, 0.2) is 42.2 Å². The van der Waals surface area contributed by atoms with Gasteiger partial charge in [-0.1, -0.05) is 30.3 Å². The molecule has 0 amide bonds. The van der Waals surface area contributed by atoms with E-state index >= 15 is 0 Å². The van der Waals surface area contributed by atoms with Crippen LogP contribution >= 0.6 is 0 Å². The molecule has 0 radical (unpaired) electrons. The Morgan fingerprint density at radius 1 is 1.22 bits per heavy atom. The first kappa shape index (κ1) is 15.2. The number of aliphatic hydroxyl groups excluding tert-OH is 2. The Balaban J connectivity index is 1.37. The molecule has 0 bridgehead atoms. The van der Waals surface area contributed by atoms with Gasteiger partial charge in [0.1, 0.15) is 0 Å². The second-order valence-corrected chi connectivity index (χ2v) is 6.97. The lowest BCUT2D eigenvalue weighted by Gasteiger charge is -2.48. The van der Waals surface area contributed by atoms with Crippen LogP contribution in [0.3, 0.4) is 0 Å². The predicted octanol–water partition coefficient (Wildman–Crippen LogP) is 2.82. The quantitative estimate of drug-likeness (QED) is 0.839. The van der Waals surface area contributed by atoms with E-state index in [4.69, 9.17) is 9.47 Å². The lowest BCUT2D eigenvalue weighted by molar-refractivity contribution is -0.275. The number of rotatable bonds is 4. The minimum absolute atomic E-state index is 0.173. The third-order valence-electron chi connectivity index (χ3n) is 5.75. The van der Waals surface area contributed by atoms with Crippen molar-refractivity contribution < 1.29 is 19.7 Å². The second kappa shape index (κ2) is 5.93. The number of aliphatic hydroxyl groups is 2. The molecule has 1 aromatic rings. The number of hydrogen-bond acceptors (Lipinski definition) is 4. The lowest BCUT2D eigenvalue weighted by Crippen LogP contribution is -2.54. The van der Waals surface area contributed by atoms with Gasteiger partial charge in [0, 0.05) is 18.3 Å². The summed E-state index contributed by atoms with van der Waals surface area (Å²) in [5.74, 6) is 0.103. The van der Waals surface area contributed by atoms with E-state index in [1.807, 2.05) is 24.3 Å². The molecule has 1 aromatic carbocycles. The molecule has 1 heterocycles. The van der Waals surface area contributed by atoms with Gasteiger partial charge in [0.2, 0.25) is 0 Å². The van der Waals surface area contributed by atoms with Crippen molar-refractivity contribution in [1.29, 1.82) is 0 Å². The molecule has 2 N–H and O–H groups in total. The Kier molecular flexibility index (Phi) is 3.92. The molecule has 1 unspecified atom stereocenters. The average molecular weight is 316 g/mol. The van der Waals surface area contributed by atoms with Crippen molar-refractivity contribution >= 4 is 0 Å². The molecule has 4 rings (SSSR count). The van der Waals surface area contributed by atoms with Gasteiger partial charge in [0.25, 0.3) is 0 Å². The summed E-state index contributed by atoms with van der Waals surface area (Å²) >= 11 is 0. The largest absolute Gasteiger partial charge is 0.512 e. The van der Waals surface area contributed by atoms with Gasteiger partial charge in [-0.3, -0.25) is 0 Å². The van der Waals surface area contributed by atoms with E-state index in [0.29, 0.717) is 19.0 Å². The van der Waals surface area contributed by atoms with Crippen LogP contribution in [0, 0.1) is 17.8 Å². The Morgan fingerprint density at radius 3 is 2.70 bits per heavy atom. The van der Waals surface area contributed by atoms with Crippen molar-refractivity contribution in [2.45, 2.75) is 37.6 Å². The van der Waals surface area contributed by atoms with Gasteiger partial charge >= 0.3 is 0 Å². The molecule has 1 saturated heterocycles. The molecule has 4 heteroatoms. The van der Waals surface area contributed by atoms with Gasteiger partial charge in [-0.25, -0.2) is 0 Å². The van der Waals surface area contributed by atoms with E-state index in [9.17, 15) is 10.2 Å². The Hall–Kier alpha value is -1.36. The van der Waals surface area contributed by atoms with Crippen LogP contribution in [-0.2, 0) is 15.9 Å². The maximum atomic E-state index is 10.5. The zero-order chi connectivity index (χ0) is 15.9. The molecule has 3 aliphatic rings. The molecule has 3 fully saturated rings. The van der Waals surface area contributed by atoms with Crippen LogP contribution in [-0.4, -0.2) is 35.3 Å². The average Bonchev–Trinajstić information content (AvgIpc) is 3.14. The zero-order valence-corrected chi connectivity index (χ0v) is 13.2. The first-order chi connectivity index (χ1) is 11.2. The van der Waals surface area contributed by atoms with Crippen LogP contribution in [0.1, 0.15) is 24.8 Å². The first-order valence-corrected chi connectivity index (χ1v) is 8.58. The monoisotopic (exact) mass is 316 g/mol. The zero-order valence-electron chi connectivity index (χ0n) is 13.2. The van der Waals surface area contributed by atoms with E-state index in [1.54, 1.807) is 0 Å². The summed E-state index contributed by atoms with van der Waals surface area (Å²) in [5, 5.41) is 20.9. The third-order valence-corrected chi connectivity index (χ3v) is 5.75. The first-order valence-electron chi connectivity index (χ1n) is 8.58. The van der Waals surface area contributed by atoms with Crippen LogP contribution < -0.4 is 0 Å². The minimum Gasteiger partial charge on any atom is -0.512 e. The highest BCUT2D eigenvalue weighted by molar-refractivity contribution is 5.17. The van der Waals surface area contributed by atoms with E-state index in [1.165, 1.54) is 5.56 Å². The SMILES string of the molecule is OC(=CCCc1ccccc1)[C@H]1C[C@H]2[C@@H](CC23OCCO3)C1O. The van der Waals surface area contributed by atoms with Gasteiger partial charge in [-0.05, 0) is 36.8 Å². The molecule has 4 atom stereocenters. The summed E-state index contributed by atoms with van der Waals surface area (Å²) in [4.78, 5) is 0. The van der Waals surface area contributed by atoms with E-state index in [0.717, 1.165) is 25.7 Å². The van der Waals surface area contributed by atoms with Gasteiger partial charge < -0.3 is 19.7 Å². The van der Waals surface area contributed by atoms with E-state index in [-0.39, 0.29) is 17.8 Å². The highest BCUT2D eigenvalue weighted by atomic mass is 16.7. The molecule has 23 heavy (non-hydrogen) atoms. The van der Waals surface area contributed by atoms with Gasteiger partial charge in [0.05, 0.1) is 25.1 Å². The third kappa shape index (κ3) is 2.59. The molecular weight excluding hydrogens is 292 g/mol. The van der Waals surface area contributed by atoms with Gasteiger partial charge in [-0.2, -0.15) is 0 Å². The number of hydrogen-bond donors (Lipinski definition) is 2. The maximum Gasteiger partial charge on any atom is 0.172 e. The smallest absolute Gasteiger partial charge is 0.172 e. The molecule has 124 valence electrons. The fourth-order valence-corrected chi connectivity index (χ4v) is 4.49. The van der Waals surface area contributed by atoms with Crippen molar-refractivity contribution in [2.24, 2.45) is 17.8 Å². The van der Waals surface area contributed by atoms with Gasteiger partial charge in [0.15, 0.2) is 5.79 Å². The molecule has 2 aliphatic carbocycles. The summed E-state index contributed by atoms with van der Waals surface area (Å²) in [6.45, 7) is 1.28. The molecular formula is C19H24O4. The summed E-state index contributed by atoms with van der Waals surface area (Å²) < 4.78 is 11.5. The normalized spacial score (nSPS) is 35.3. The van der Waals surface area contributed by atoms with Gasteiger partial charge in [-0.15, -0.1) is 0 Å². The van der Waals surface area contributed by atoms with E-state index in [2.05, 4.69) is 12.1 Å². The lowest BCUT2D eigenvalue weighted by atomic mass is 9.69. The highest BCUT2D eigenvalue weighted by Crippen LogP contribution is 2.60. The van der Waals surface area contributed by atoms with Crippen molar-refractivity contribution in [3.05, 3.63) is 47.7 Å². The number of aryl methyl sites for hydroxylation is 1. The molecule has 1 aliphatic heterocycles. The fraction of sp³-hybridized carbons (Fsp3) is 0.579. The number of benzene rings is 1. The Morgan fingerprint density at radius 2 is 1.96 bits per heavy atom. The van der Waals surface area contributed by atoms with Crippen molar-refractivity contribution in [3.8, 4) is 0 Å². The summed E-state index contributed by atoms with van der Waals surface area (Å²) in [7, 11) is 0. The van der Waals surface area contributed by atoms with Crippen molar-refractivity contribution in [1.82, 2.24) is 0 Å². The summed E-state index contributed by atoms with van der Waals surface area (Å²) in [6.07, 6.45) is 4.58. The highest BCUT2D eigenvalue weighted by Gasteiger charge is 2.65. The number of ether oxygens (including phenoxy) is 2. The Labute approximate surface area is 136 Å². The fourth-order valence-electron chi connectivity index (χ4n) is 4.49. The van der Waals surface area contributed by atoms with Crippen LogP contribution in [0.25, 0.3) is 0 Å². The minimum atomic E-state index is -0.480. The van der Waals surface area contributed by atoms with Crippen LogP contribution in [0.2, 0.25) is 0 Å². The van der Waals surface area contributed by atoms with Crippen LogP contribution in [0.5, 0.6) is 0 Å². The number of allylic oxidation sites excluding steroid dienone is 1. The topological polar surface area (TPSA) is 58.9 Å².